The second kappa shape index (κ2) is 14.0. The number of rotatable bonds is 9. The van der Waals surface area contributed by atoms with Gasteiger partial charge in [0.25, 0.3) is 0 Å². The molecule has 178 valence electrons. The second-order valence-corrected chi connectivity index (χ2v) is 8.17. The molecule has 1 aromatic heterocycles. The van der Waals surface area contributed by atoms with Crippen molar-refractivity contribution in [1.29, 1.82) is 0 Å². The van der Waals surface area contributed by atoms with Crippen molar-refractivity contribution in [3.8, 4) is 0 Å². The van der Waals surface area contributed by atoms with Crippen LogP contribution in [0.25, 0.3) is 0 Å². The fourth-order valence-electron chi connectivity index (χ4n) is 3.53. The average Bonchev–Trinajstić information content (AvgIpc) is 3.08. The summed E-state index contributed by atoms with van der Waals surface area (Å²) in [5.41, 5.74) is 1.25. The van der Waals surface area contributed by atoms with Gasteiger partial charge in [-0.25, -0.2) is 4.99 Å². The molecule has 2 heterocycles. The van der Waals surface area contributed by atoms with Crippen LogP contribution in [0.1, 0.15) is 30.6 Å². The minimum atomic E-state index is 0. The summed E-state index contributed by atoms with van der Waals surface area (Å²) in [4.78, 5) is 9.65. The highest BCUT2D eigenvalue weighted by Gasteiger charge is 2.20. The highest BCUT2D eigenvalue weighted by Crippen LogP contribution is 2.14. The maximum atomic E-state index is 6.13. The van der Waals surface area contributed by atoms with E-state index >= 15 is 0 Å². The molecule has 1 fully saturated rings. The van der Waals surface area contributed by atoms with Crippen LogP contribution in [0.5, 0.6) is 0 Å². The van der Waals surface area contributed by atoms with Crippen molar-refractivity contribution in [2.75, 3.05) is 45.9 Å². The molecule has 32 heavy (non-hydrogen) atoms. The summed E-state index contributed by atoms with van der Waals surface area (Å²) in [6, 6.07) is 8.11. The van der Waals surface area contributed by atoms with Gasteiger partial charge in [-0.1, -0.05) is 23.7 Å². The molecule has 0 spiro atoms. The molecule has 3 rings (SSSR count). The van der Waals surface area contributed by atoms with Crippen molar-refractivity contribution in [2.24, 2.45) is 12.0 Å². The molecule has 10 heteroatoms. The van der Waals surface area contributed by atoms with Gasteiger partial charge < -0.3 is 19.5 Å². The van der Waals surface area contributed by atoms with E-state index in [-0.39, 0.29) is 24.0 Å². The second-order valence-electron chi connectivity index (χ2n) is 7.73. The van der Waals surface area contributed by atoms with Crippen molar-refractivity contribution >= 4 is 41.5 Å². The number of nitrogens with zero attached hydrogens (tertiary/aromatic N) is 6. The molecule has 1 aliphatic rings. The van der Waals surface area contributed by atoms with E-state index in [1.54, 1.807) is 0 Å². The molecule has 0 radical (unpaired) electrons. The minimum Gasteiger partial charge on any atom is -0.382 e. The molecular weight excluding hydrogens is 541 g/mol. The first-order chi connectivity index (χ1) is 15.1. The number of guanidine groups is 1. The number of aryl methyl sites for hydroxylation is 1. The zero-order valence-electron chi connectivity index (χ0n) is 19.3. The number of halogens is 2. The lowest BCUT2D eigenvalue weighted by Gasteiger charge is -2.36. The first-order valence-electron chi connectivity index (χ1n) is 11.0. The zero-order chi connectivity index (χ0) is 22.1. The smallest absolute Gasteiger partial charge is 0.194 e. The summed E-state index contributed by atoms with van der Waals surface area (Å²) < 4.78 is 7.44. The first kappa shape index (κ1) is 26.8. The SMILES string of the molecule is CCOCCCNC(=NCc1nnc(C)n1C)N1CCN(Cc2cccc(Cl)c2)CC1.I. The van der Waals surface area contributed by atoms with E-state index in [4.69, 9.17) is 21.3 Å². The van der Waals surface area contributed by atoms with Crippen LogP contribution >= 0.6 is 35.6 Å². The Morgan fingerprint density at radius 2 is 2.00 bits per heavy atom. The Bertz CT molecular complexity index is 853. The summed E-state index contributed by atoms with van der Waals surface area (Å²) in [5, 5.41) is 12.7. The van der Waals surface area contributed by atoms with E-state index in [9.17, 15) is 0 Å². The van der Waals surface area contributed by atoms with E-state index in [1.165, 1.54) is 5.56 Å². The Hall–Kier alpha value is -1.43. The number of ether oxygens (including phenoxy) is 1. The molecular formula is C22H35ClIN7O. The number of nitrogens with one attached hydrogen (secondary N) is 1. The quantitative estimate of drug-likeness (QED) is 0.215. The van der Waals surface area contributed by atoms with Gasteiger partial charge in [0.1, 0.15) is 12.4 Å². The van der Waals surface area contributed by atoms with Crippen LogP contribution in [0.3, 0.4) is 0 Å². The van der Waals surface area contributed by atoms with Gasteiger partial charge in [-0.15, -0.1) is 34.2 Å². The summed E-state index contributed by atoms with van der Waals surface area (Å²) in [7, 11) is 1.98. The van der Waals surface area contributed by atoms with Crippen LogP contribution < -0.4 is 5.32 Å². The number of hydrogen-bond donors (Lipinski definition) is 1. The van der Waals surface area contributed by atoms with Gasteiger partial charge >= 0.3 is 0 Å². The number of aromatic nitrogens is 3. The molecule has 8 nitrogen and oxygen atoms in total. The standard InChI is InChI=1S/C22H34ClN7O.HI/c1-4-31-14-6-9-24-22(25-16-21-27-26-18(2)28(21)3)30-12-10-29(11-13-30)17-19-7-5-8-20(23)15-19;/h5,7-8,15H,4,6,9-14,16-17H2,1-3H3,(H,24,25);1H. The average molecular weight is 576 g/mol. The van der Waals surface area contributed by atoms with Crippen molar-refractivity contribution in [2.45, 2.75) is 33.4 Å². The number of piperazine rings is 1. The summed E-state index contributed by atoms with van der Waals surface area (Å²) >= 11 is 6.13. The molecule has 0 bridgehead atoms. The lowest BCUT2D eigenvalue weighted by Crippen LogP contribution is -2.52. The van der Waals surface area contributed by atoms with Crippen LogP contribution in [0.2, 0.25) is 5.02 Å². The predicted molar refractivity (Wildman–Crippen MR) is 140 cm³/mol. The third-order valence-corrected chi connectivity index (χ3v) is 5.71. The van der Waals surface area contributed by atoms with E-state index in [1.807, 2.05) is 43.7 Å². The molecule has 0 aliphatic carbocycles. The van der Waals surface area contributed by atoms with Crippen LogP contribution in [0.15, 0.2) is 29.3 Å². The van der Waals surface area contributed by atoms with Gasteiger partial charge in [-0.05, 0) is 38.0 Å². The van der Waals surface area contributed by atoms with Crippen LogP contribution in [-0.4, -0.2) is 76.5 Å². The normalized spacial score (nSPS) is 15.0. The molecule has 0 saturated carbocycles. The Labute approximate surface area is 213 Å². The third-order valence-electron chi connectivity index (χ3n) is 5.47. The van der Waals surface area contributed by atoms with Gasteiger partial charge in [0.2, 0.25) is 0 Å². The summed E-state index contributed by atoms with van der Waals surface area (Å²) in [5.74, 6) is 2.69. The predicted octanol–water partition coefficient (Wildman–Crippen LogP) is 3.08. The van der Waals surface area contributed by atoms with E-state index in [0.717, 1.165) is 81.5 Å². The molecule has 1 aliphatic heterocycles. The third kappa shape index (κ3) is 8.17. The molecule has 1 saturated heterocycles. The Balaban J connectivity index is 0.00000363. The molecule has 0 amide bonds. The molecule has 1 N–H and O–H groups in total. The van der Waals surface area contributed by atoms with Gasteiger partial charge in [0, 0.05) is 64.6 Å². The number of hydrogen-bond acceptors (Lipinski definition) is 5. The lowest BCUT2D eigenvalue weighted by atomic mass is 10.2. The topological polar surface area (TPSA) is 70.8 Å². The van der Waals surface area contributed by atoms with Crippen molar-refractivity contribution < 1.29 is 4.74 Å². The number of aliphatic imine (C=N–C) groups is 1. The van der Waals surface area contributed by atoms with Gasteiger partial charge in [0.05, 0.1) is 0 Å². The fraction of sp³-hybridized carbons (Fsp3) is 0.591. The lowest BCUT2D eigenvalue weighted by molar-refractivity contribution is 0.145. The molecule has 2 aromatic rings. The van der Waals surface area contributed by atoms with Gasteiger partial charge in [-0.3, -0.25) is 4.90 Å². The molecule has 0 unspecified atom stereocenters. The van der Waals surface area contributed by atoms with Crippen molar-refractivity contribution in [3.05, 3.63) is 46.5 Å². The zero-order valence-corrected chi connectivity index (χ0v) is 22.3. The van der Waals surface area contributed by atoms with Crippen LogP contribution in [-0.2, 0) is 24.9 Å². The fourth-order valence-corrected chi connectivity index (χ4v) is 3.74. The Kier molecular flexibility index (Phi) is 11.7. The monoisotopic (exact) mass is 575 g/mol. The largest absolute Gasteiger partial charge is 0.382 e. The van der Waals surface area contributed by atoms with Crippen LogP contribution in [0, 0.1) is 6.92 Å². The van der Waals surface area contributed by atoms with E-state index in [2.05, 4.69) is 31.4 Å². The first-order valence-corrected chi connectivity index (χ1v) is 11.4. The van der Waals surface area contributed by atoms with Crippen molar-refractivity contribution in [3.63, 3.8) is 0 Å². The van der Waals surface area contributed by atoms with Gasteiger partial charge in [-0.2, -0.15) is 0 Å². The molecule has 0 atom stereocenters. The molecule has 1 aromatic carbocycles. The highest BCUT2D eigenvalue weighted by atomic mass is 127. The summed E-state index contributed by atoms with van der Waals surface area (Å²) in [6.07, 6.45) is 0.949. The van der Waals surface area contributed by atoms with Gasteiger partial charge in [0.15, 0.2) is 11.8 Å². The maximum Gasteiger partial charge on any atom is 0.194 e. The van der Waals surface area contributed by atoms with Crippen molar-refractivity contribution in [1.82, 2.24) is 29.9 Å². The summed E-state index contributed by atoms with van der Waals surface area (Å²) in [6.45, 7) is 11.6. The van der Waals surface area contributed by atoms with E-state index in [0.29, 0.717) is 6.54 Å². The Morgan fingerprint density at radius 3 is 2.66 bits per heavy atom. The Morgan fingerprint density at radius 1 is 1.22 bits per heavy atom. The minimum absolute atomic E-state index is 0. The number of benzene rings is 1. The maximum absolute atomic E-state index is 6.13. The highest BCUT2D eigenvalue weighted by molar-refractivity contribution is 14.0. The van der Waals surface area contributed by atoms with Crippen LogP contribution in [0.4, 0.5) is 0 Å². The van der Waals surface area contributed by atoms with E-state index < -0.39 is 0 Å².